The Morgan fingerprint density at radius 1 is 1.08 bits per heavy atom. The Kier molecular flexibility index (Phi) is 5.91. The predicted octanol–water partition coefficient (Wildman–Crippen LogP) is 3.32. The molecule has 0 aromatic heterocycles. The van der Waals surface area contributed by atoms with Crippen molar-refractivity contribution in [1.29, 1.82) is 0 Å². The van der Waals surface area contributed by atoms with Crippen LogP contribution in [0.25, 0.3) is 0 Å². The average molecular weight is 372 g/mol. The van der Waals surface area contributed by atoms with E-state index in [0.29, 0.717) is 27.8 Å². The first-order valence-electron chi connectivity index (χ1n) is 8.72. The molecule has 2 aromatic rings. The highest BCUT2D eigenvalue weighted by molar-refractivity contribution is 6.30. The van der Waals surface area contributed by atoms with Crippen LogP contribution in [0.15, 0.2) is 48.5 Å². The lowest BCUT2D eigenvalue weighted by Crippen LogP contribution is -2.48. The maximum atomic E-state index is 12.7. The molecule has 26 heavy (non-hydrogen) atoms. The quantitative estimate of drug-likeness (QED) is 0.772. The lowest BCUT2D eigenvalue weighted by molar-refractivity contribution is 0.0915. The Hall–Kier alpha value is -2.37. The van der Waals surface area contributed by atoms with E-state index >= 15 is 0 Å². The van der Waals surface area contributed by atoms with Crippen LogP contribution in [-0.2, 0) is 0 Å². The minimum absolute atomic E-state index is 0.128. The molecule has 1 aliphatic heterocycles. The van der Waals surface area contributed by atoms with Crippen molar-refractivity contribution >= 4 is 29.1 Å². The number of hydrogen-bond acceptors (Lipinski definition) is 3. The summed E-state index contributed by atoms with van der Waals surface area (Å²) in [5, 5.41) is 9.81. The predicted molar refractivity (Wildman–Crippen MR) is 104 cm³/mol. The molecule has 0 bridgehead atoms. The lowest BCUT2D eigenvalue weighted by Gasteiger charge is -2.30. The molecular weight excluding hydrogens is 350 g/mol. The van der Waals surface area contributed by atoms with Crippen molar-refractivity contribution in [3.8, 4) is 0 Å². The molecule has 1 heterocycles. The summed E-state index contributed by atoms with van der Waals surface area (Å²) in [6, 6.07) is 13.8. The number of piperidine rings is 1. The van der Waals surface area contributed by atoms with E-state index in [0.717, 1.165) is 19.5 Å². The van der Waals surface area contributed by atoms with Crippen molar-refractivity contribution in [2.24, 2.45) is 5.92 Å². The fourth-order valence-electron chi connectivity index (χ4n) is 3.06. The zero-order valence-electron chi connectivity index (χ0n) is 14.6. The first-order valence-corrected chi connectivity index (χ1v) is 9.10. The van der Waals surface area contributed by atoms with Gasteiger partial charge in [0.05, 0.1) is 11.3 Å². The van der Waals surface area contributed by atoms with Crippen molar-refractivity contribution in [2.45, 2.75) is 19.4 Å². The summed E-state index contributed by atoms with van der Waals surface area (Å²) >= 11 is 5.86. The topological polar surface area (TPSA) is 70.2 Å². The van der Waals surface area contributed by atoms with Gasteiger partial charge in [-0.1, -0.05) is 30.7 Å². The minimum atomic E-state index is -0.280. The third-order valence-electron chi connectivity index (χ3n) is 4.63. The minimum Gasteiger partial charge on any atom is -0.349 e. The molecule has 2 amide bonds. The number of hydrogen-bond donors (Lipinski definition) is 3. The molecule has 6 heteroatoms. The van der Waals surface area contributed by atoms with Crippen molar-refractivity contribution in [2.75, 3.05) is 18.4 Å². The van der Waals surface area contributed by atoms with Crippen LogP contribution >= 0.6 is 11.6 Å². The summed E-state index contributed by atoms with van der Waals surface area (Å²) in [6.45, 7) is 3.90. The van der Waals surface area contributed by atoms with Gasteiger partial charge in [0.25, 0.3) is 11.8 Å². The van der Waals surface area contributed by atoms with Crippen LogP contribution in [0, 0.1) is 5.92 Å². The molecule has 0 aliphatic carbocycles. The largest absolute Gasteiger partial charge is 0.349 e. The summed E-state index contributed by atoms with van der Waals surface area (Å²) in [5.41, 5.74) is 1.43. The summed E-state index contributed by atoms with van der Waals surface area (Å²) in [7, 11) is 0. The highest BCUT2D eigenvalue weighted by Crippen LogP contribution is 2.19. The Labute approximate surface area is 158 Å². The van der Waals surface area contributed by atoms with E-state index in [2.05, 4.69) is 22.9 Å². The molecule has 0 saturated carbocycles. The van der Waals surface area contributed by atoms with Crippen molar-refractivity contribution in [1.82, 2.24) is 10.6 Å². The van der Waals surface area contributed by atoms with Gasteiger partial charge in [0.2, 0.25) is 0 Å². The Bertz CT molecular complexity index is 792. The van der Waals surface area contributed by atoms with Gasteiger partial charge in [0, 0.05) is 16.6 Å². The van der Waals surface area contributed by atoms with Gasteiger partial charge in [0.15, 0.2) is 0 Å². The summed E-state index contributed by atoms with van der Waals surface area (Å²) in [5.74, 6) is -0.0866. The standard InChI is InChI=1S/C20H22ClN3O2/c1-13-12-22-11-10-17(13)23-20(26)16-4-2-3-5-18(16)24-19(25)14-6-8-15(21)9-7-14/h2-9,13,17,22H,10-12H2,1H3,(H,23,26)(H,24,25). The van der Waals surface area contributed by atoms with Gasteiger partial charge < -0.3 is 16.0 Å². The molecule has 0 spiro atoms. The third-order valence-corrected chi connectivity index (χ3v) is 4.88. The highest BCUT2D eigenvalue weighted by Gasteiger charge is 2.24. The van der Waals surface area contributed by atoms with E-state index in [-0.39, 0.29) is 17.9 Å². The molecule has 136 valence electrons. The number of halogens is 1. The van der Waals surface area contributed by atoms with Crippen LogP contribution in [0.3, 0.4) is 0 Å². The van der Waals surface area contributed by atoms with Crippen LogP contribution in [0.4, 0.5) is 5.69 Å². The molecule has 1 fully saturated rings. The van der Waals surface area contributed by atoms with Crippen LogP contribution in [0.2, 0.25) is 5.02 Å². The van der Waals surface area contributed by atoms with E-state index < -0.39 is 0 Å². The number of amides is 2. The van der Waals surface area contributed by atoms with Gasteiger partial charge in [-0.05, 0) is 61.8 Å². The smallest absolute Gasteiger partial charge is 0.255 e. The van der Waals surface area contributed by atoms with Crippen LogP contribution < -0.4 is 16.0 Å². The van der Waals surface area contributed by atoms with E-state index in [1.165, 1.54) is 0 Å². The van der Waals surface area contributed by atoms with E-state index in [9.17, 15) is 9.59 Å². The Balaban J connectivity index is 1.74. The number of nitrogens with one attached hydrogen (secondary N) is 3. The summed E-state index contributed by atoms with van der Waals surface area (Å²) in [6.07, 6.45) is 0.895. The second-order valence-electron chi connectivity index (χ2n) is 6.56. The van der Waals surface area contributed by atoms with Gasteiger partial charge in [-0.25, -0.2) is 0 Å². The molecule has 5 nitrogen and oxygen atoms in total. The molecule has 1 aliphatic rings. The fraction of sp³-hybridized carbons (Fsp3) is 0.300. The van der Waals surface area contributed by atoms with Crippen LogP contribution in [0.5, 0.6) is 0 Å². The highest BCUT2D eigenvalue weighted by atomic mass is 35.5. The number of rotatable bonds is 4. The number of carbonyl (C=O) groups excluding carboxylic acids is 2. The third kappa shape index (κ3) is 4.42. The molecule has 0 radical (unpaired) electrons. The average Bonchev–Trinajstić information content (AvgIpc) is 2.64. The number of benzene rings is 2. The van der Waals surface area contributed by atoms with E-state index in [1.807, 2.05) is 0 Å². The Morgan fingerprint density at radius 2 is 1.81 bits per heavy atom. The maximum Gasteiger partial charge on any atom is 0.255 e. The maximum absolute atomic E-state index is 12.7. The first-order chi connectivity index (χ1) is 12.5. The zero-order chi connectivity index (χ0) is 18.5. The molecule has 3 rings (SSSR count). The summed E-state index contributed by atoms with van der Waals surface area (Å²) < 4.78 is 0. The monoisotopic (exact) mass is 371 g/mol. The van der Waals surface area contributed by atoms with Gasteiger partial charge >= 0.3 is 0 Å². The summed E-state index contributed by atoms with van der Waals surface area (Å²) in [4.78, 5) is 25.2. The lowest BCUT2D eigenvalue weighted by atomic mass is 9.95. The normalized spacial score (nSPS) is 19.6. The number of anilines is 1. The van der Waals surface area contributed by atoms with E-state index in [4.69, 9.17) is 11.6 Å². The number of carbonyl (C=O) groups is 2. The van der Waals surface area contributed by atoms with Gasteiger partial charge in [0.1, 0.15) is 0 Å². The van der Waals surface area contributed by atoms with Gasteiger partial charge in [-0.2, -0.15) is 0 Å². The van der Waals surface area contributed by atoms with E-state index in [1.54, 1.807) is 48.5 Å². The SMILES string of the molecule is CC1CNCCC1NC(=O)c1ccccc1NC(=O)c1ccc(Cl)cc1. The fourth-order valence-corrected chi connectivity index (χ4v) is 3.19. The molecule has 3 N–H and O–H groups in total. The van der Waals surface area contributed by atoms with Crippen molar-refractivity contribution in [3.63, 3.8) is 0 Å². The molecular formula is C20H22ClN3O2. The number of para-hydroxylation sites is 1. The van der Waals surface area contributed by atoms with Crippen LogP contribution in [0.1, 0.15) is 34.1 Å². The van der Waals surface area contributed by atoms with Crippen LogP contribution in [-0.4, -0.2) is 30.9 Å². The van der Waals surface area contributed by atoms with Crippen molar-refractivity contribution in [3.05, 3.63) is 64.7 Å². The molecule has 2 atom stereocenters. The molecule has 2 aromatic carbocycles. The molecule has 1 saturated heterocycles. The zero-order valence-corrected chi connectivity index (χ0v) is 15.3. The van der Waals surface area contributed by atoms with Gasteiger partial charge in [-0.15, -0.1) is 0 Å². The second kappa shape index (κ2) is 8.34. The first kappa shape index (κ1) is 18.4. The Morgan fingerprint density at radius 3 is 2.54 bits per heavy atom. The van der Waals surface area contributed by atoms with Crippen molar-refractivity contribution < 1.29 is 9.59 Å². The molecule has 2 unspecified atom stereocenters. The second-order valence-corrected chi connectivity index (χ2v) is 6.99. The van der Waals surface area contributed by atoms with Gasteiger partial charge in [-0.3, -0.25) is 9.59 Å².